The van der Waals surface area contributed by atoms with E-state index in [0.717, 1.165) is 116 Å². The van der Waals surface area contributed by atoms with E-state index < -0.39 is 0 Å². The molecule has 0 fully saturated rings. The van der Waals surface area contributed by atoms with Gasteiger partial charge in [0.05, 0.1) is 22.2 Å². The number of nitrogens with zero attached hydrogens (tertiary/aromatic N) is 5. The van der Waals surface area contributed by atoms with E-state index in [2.05, 4.69) is 234 Å². The third kappa shape index (κ3) is 6.23. The molecule has 0 bridgehead atoms. The molecule has 10 aromatic carbocycles. The summed E-state index contributed by atoms with van der Waals surface area (Å²) in [5.74, 6) is 1.65. The van der Waals surface area contributed by atoms with Gasteiger partial charge in [0, 0.05) is 49.0 Å². The lowest BCUT2D eigenvalue weighted by Gasteiger charge is -2.14. The minimum absolute atomic E-state index is 0.502. The SMILES string of the molecule is c1ccc(-c2ccc(-c3nc(-c4cccc(-c5ccccc5)c4)nc(-n4c5ccccc5c5ccc6c7ccc8c9ccccc9n(-c9ccccc9-c9ccccc9)c8c7oc6c54)n3)cc2)cc1. The quantitative estimate of drug-likeness (QED) is 0.160. The lowest BCUT2D eigenvalue weighted by Crippen LogP contribution is -2.06. The summed E-state index contributed by atoms with van der Waals surface area (Å²) in [6.45, 7) is 0. The van der Waals surface area contributed by atoms with E-state index >= 15 is 0 Å². The van der Waals surface area contributed by atoms with E-state index in [9.17, 15) is 0 Å². The number of fused-ring (bicyclic) bond motifs is 11. The molecular weight excluding hydrogens is 843 g/mol. The summed E-state index contributed by atoms with van der Waals surface area (Å²) in [4.78, 5) is 16.0. The van der Waals surface area contributed by atoms with Gasteiger partial charge in [-0.1, -0.05) is 200 Å². The van der Waals surface area contributed by atoms with Gasteiger partial charge in [-0.15, -0.1) is 0 Å². The maximum Gasteiger partial charge on any atom is 0.238 e. The van der Waals surface area contributed by atoms with Crippen LogP contribution in [0, 0.1) is 0 Å². The largest absolute Gasteiger partial charge is 0.452 e. The smallest absolute Gasteiger partial charge is 0.238 e. The van der Waals surface area contributed by atoms with Crippen LogP contribution in [0.25, 0.3) is 133 Å². The minimum atomic E-state index is 0.502. The van der Waals surface area contributed by atoms with Crippen LogP contribution >= 0.6 is 0 Å². The van der Waals surface area contributed by atoms with E-state index in [0.29, 0.717) is 17.6 Å². The molecule has 6 nitrogen and oxygen atoms in total. The second-order valence-corrected chi connectivity index (χ2v) is 17.5. The second kappa shape index (κ2) is 15.6. The number of hydrogen-bond acceptors (Lipinski definition) is 4. The van der Waals surface area contributed by atoms with Crippen molar-refractivity contribution in [3.8, 4) is 67.8 Å². The standard InChI is InChI=1S/C63H39N5O/c1-4-17-40(18-5-1)42-31-33-44(34-32-42)61-64-62(46-24-16-23-45(39-46)41-19-6-2-7-20-41)66-63(65-61)68-56-30-15-12-27-49(56)51-36-38-53-52-37-35-50-48-26-11-14-29-55(48)67(57(50)59(52)69-60(53)58(51)68)54-28-13-10-25-47(54)43-21-8-3-9-22-43/h1-39H. The van der Waals surface area contributed by atoms with Gasteiger partial charge >= 0.3 is 0 Å². The fraction of sp³-hybridized carbons (Fsp3) is 0. The van der Waals surface area contributed by atoms with Crippen LogP contribution in [0.15, 0.2) is 241 Å². The number of benzene rings is 10. The zero-order valence-corrected chi connectivity index (χ0v) is 37.2. The molecule has 0 unspecified atom stereocenters. The predicted octanol–water partition coefficient (Wildman–Crippen LogP) is 16.3. The van der Waals surface area contributed by atoms with Crippen molar-refractivity contribution in [1.82, 2.24) is 24.1 Å². The van der Waals surface area contributed by atoms with E-state index in [1.807, 2.05) is 12.1 Å². The number of rotatable bonds is 7. The Balaban J connectivity index is 1.05. The van der Waals surface area contributed by atoms with Crippen molar-refractivity contribution in [2.75, 3.05) is 0 Å². The van der Waals surface area contributed by atoms with Crippen molar-refractivity contribution in [3.63, 3.8) is 0 Å². The Labute approximate surface area is 396 Å². The number of para-hydroxylation sites is 3. The minimum Gasteiger partial charge on any atom is -0.452 e. The van der Waals surface area contributed by atoms with Crippen LogP contribution < -0.4 is 0 Å². The molecule has 0 amide bonds. The molecule has 0 aliphatic rings. The van der Waals surface area contributed by atoms with Crippen LogP contribution in [0.1, 0.15) is 0 Å². The van der Waals surface area contributed by atoms with Crippen molar-refractivity contribution in [2.24, 2.45) is 0 Å². The first-order valence-corrected chi connectivity index (χ1v) is 23.3. The molecule has 0 spiro atoms. The molecule has 14 aromatic rings. The zero-order chi connectivity index (χ0) is 45.4. The molecule has 0 saturated heterocycles. The first kappa shape index (κ1) is 38.8. The third-order valence-corrected chi connectivity index (χ3v) is 13.6. The van der Waals surface area contributed by atoms with E-state index in [1.54, 1.807) is 0 Å². The van der Waals surface area contributed by atoms with Crippen molar-refractivity contribution in [1.29, 1.82) is 0 Å². The Hall–Kier alpha value is -9.39. The lowest BCUT2D eigenvalue weighted by atomic mass is 10.0. The molecule has 4 heterocycles. The molecule has 0 atom stereocenters. The van der Waals surface area contributed by atoms with Gasteiger partial charge in [-0.25, -0.2) is 4.98 Å². The van der Waals surface area contributed by atoms with Crippen LogP contribution in [0.5, 0.6) is 0 Å². The normalized spacial score (nSPS) is 11.8. The molecule has 6 heteroatoms. The van der Waals surface area contributed by atoms with Crippen LogP contribution in [0.3, 0.4) is 0 Å². The number of furan rings is 1. The molecule has 0 N–H and O–H groups in total. The van der Waals surface area contributed by atoms with Gasteiger partial charge in [0.25, 0.3) is 0 Å². The molecule has 4 aromatic heterocycles. The zero-order valence-electron chi connectivity index (χ0n) is 37.2. The van der Waals surface area contributed by atoms with Gasteiger partial charge in [-0.3, -0.25) is 4.57 Å². The maximum atomic E-state index is 7.44. The maximum absolute atomic E-state index is 7.44. The fourth-order valence-corrected chi connectivity index (χ4v) is 10.4. The Morgan fingerprint density at radius 1 is 0.290 bits per heavy atom. The summed E-state index contributed by atoms with van der Waals surface area (Å²) in [6, 6.07) is 83.1. The van der Waals surface area contributed by atoms with Crippen molar-refractivity contribution < 1.29 is 4.42 Å². The highest BCUT2D eigenvalue weighted by Gasteiger charge is 2.25. The predicted molar refractivity (Wildman–Crippen MR) is 283 cm³/mol. The third-order valence-electron chi connectivity index (χ3n) is 13.6. The highest BCUT2D eigenvalue weighted by atomic mass is 16.3. The molecule has 0 aliphatic heterocycles. The Kier molecular flexibility index (Phi) is 8.79. The van der Waals surface area contributed by atoms with E-state index in [1.165, 1.54) is 0 Å². The molecule has 0 radical (unpaired) electrons. The van der Waals surface area contributed by atoms with Crippen LogP contribution in [-0.4, -0.2) is 24.1 Å². The van der Waals surface area contributed by atoms with Gasteiger partial charge in [-0.05, 0) is 64.2 Å². The monoisotopic (exact) mass is 881 g/mol. The molecule has 0 saturated carbocycles. The summed E-state index contributed by atoms with van der Waals surface area (Å²) in [5.41, 5.74) is 15.2. The topological polar surface area (TPSA) is 61.7 Å². The van der Waals surface area contributed by atoms with E-state index in [-0.39, 0.29) is 0 Å². The van der Waals surface area contributed by atoms with Crippen molar-refractivity contribution in [2.45, 2.75) is 0 Å². The molecule has 322 valence electrons. The fourth-order valence-electron chi connectivity index (χ4n) is 10.4. The number of hydrogen-bond donors (Lipinski definition) is 0. The van der Waals surface area contributed by atoms with Crippen LogP contribution in [-0.2, 0) is 0 Å². The van der Waals surface area contributed by atoms with Gasteiger partial charge in [0.1, 0.15) is 5.52 Å². The first-order valence-electron chi connectivity index (χ1n) is 23.3. The molecule has 0 aliphatic carbocycles. The highest BCUT2D eigenvalue weighted by Crippen LogP contribution is 2.45. The molecule has 14 rings (SSSR count). The number of aromatic nitrogens is 5. The Bertz CT molecular complexity index is 4280. The molecule has 69 heavy (non-hydrogen) atoms. The second-order valence-electron chi connectivity index (χ2n) is 17.5. The summed E-state index contributed by atoms with van der Waals surface area (Å²) in [5, 5.41) is 6.46. The van der Waals surface area contributed by atoms with Gasteiger partial charge in [-0.2, -0.15) is 9.97 Å². The average molecular weight is 882 g/mol. The van der Waals surface area contributed by atoms with Gasteiger partial charge in [0.2, 0.25) is 5.95 Å². The van der Waals surface area contributed by atoms with Crippen molar-refractivity contribution >= 4 is 65.6 Å². The lowest BCUT2D eigenvalue weighted by molar-refractivity contribution is 0.673. The summed E-state index contributed by atoms with van der Waals surface area (Å²) >= 11 is 0. The first-order chi connectivity index (χ1) is 34.2. The van der Waals surface area contributed by atoms with Gasteiger partial charge in [0.15, 0.2) is 22.8 Å². The van der Waals surface area contributed by atoms with Crippen LogP contribution in [0.2, 0.25) is 0 Å². The Morgan fingerprint density at radius 3 is 1.39 bits per heavy atom. The van der Waals surface area contributed by atoms with Crippen molar-refractivity contribution in [3.05, 3.63) is 237 Å². The van der Waals surface area contributed by atoms with Gasteiger partial charge < -0.3 is 8.98 Å². The van der Waals surface area contributed by atoms with Crippen LogP contribution in [0.4, 0.5) is 0 Å². The summed E-state index contributed by atoms with van der Waals surface area (Å²) < 4.78 is 12.0. The summed E-state index contributed by atoms with van der Waals surface area (Å²) in [7, 11) is 0. The Morgan fingerprint density at radius 2 is 0.739 bits per heavy atom. The van der Waals surface area contributed by atoms with E-state index in [4.69, 9.17) is 19.4 Å². The summed E-state index contributed by atoms with van der Waals surface area (Å²) in [6.07, 6.45) is 0. The average Bonchev–Trinajstić information content (AvgIpc) is 4.10. The highest BCUT2D eigenvalue weighted by molar-refractivity contribution is 6.26. The molecular formula is C63H39N5O.